The molecule has 3 rings (SSSR count). The van der Waals surface area contributed by atoms with Crippen molar-refractivity contribution in [3.05, 3.63) is 42.1 Å². The van der Waals surface area contributed by atoms with Crippen molar-refractivity contribution in [2.24, 2.45) is 0 Å². The maximum absolute atomic E-state index is 4.75. The lowest BCUT2D eigenvalue weighted by molar-refractivity contribution is 0.193. The molecule has 1 aliphatic heterocycles. The number of hydrogen-bond donors (Lipinski definition) is 1. The highest BCUT2D eigenvalue weighted by atomic mass is 35.5. The molecule has 0 spiro atoms. The largest absolute Gasteiger partial charge is 0.317 e. The van der Waals surface area contributed by atoms with E-state index in [1.807, 2.05) is 0 Å². The molecule has 0 amide bonds. The van der Waals surface area contributed by atoms with Gasteiger partial charge in [-0.2, -0.15) is 0 Å². The van der Waals surface area contributed by atoms with E-state index < -0.39 is 0 Å². The van der Waals surface area contributed by atoms with Gasteiger partial charge in [-0.3, -0.25) is 9.88 Å². The molecule has 2 aromatic rings. The van der Waals surface area contributed by atoms with Crippen molar-refractivity contribution in [2.45, 2.75) is 25.4 Å². The number of hydrogen-bond acceptors (Lipinski definition) is 3. The van der Waals surface area contributed by atoms with Gasteiger partial charge in [-0.1, -0.05) is 24.3 Å². The predicted molar refractivity (Wildman–Crippen MR) is 93.6 cm³/mol. The number of rotatable bonds is 3. The summed E-state index contributed by atoms with van der Waals surface area (Å²) in [5, 5.41) is 4.59. The third kappa shape index (κ3) is 4.55. The van der Waals surface area contributed by atoms with Crippen LogP contribution in [0.5, 0.6) is 0 Å². The molecule has 5 heteroatoms. The van der Waals surface area contributed by atoms with E-state index in [2.05, 4.69) is 53.7 Å². The van der Waals surface area contributed by atoms with E-state index >= 15 is 0 Å². The molecule has 0 bridgehead atoms. The Bertz CT molecular complexity index is 554. The molecule has 0 radical (unpaired) electrons. The van der Waals surface area contributed by atoms with Crippen LogP contribution in [0.4, 0.5) is 0 Å². The average molecular weight is 328 g/mol. The first kappa shape index (κ1) is 18.2. The fraction of sp³-hybridized carbons (Fsp3) is 0.438. The van der Waals surface area contributed by atoms with Gasteiger partial charge in [0.2, 0.25) is 0 Å². The molecule has 1 aromatic carbocycles. The van der Waals surface area contributed by atoms with Gasteiger partial charge in [0, 0.05) is 31.1 Å². The first-order chi connectivity index (χ1) is 9.35. The molecule has 116 valence electrons. The summed E-state index contributed by atoms with van der Waals surface area (Å²) in [6.45, 7) is 3.31. The Morgan fingerprint density at radius 3 is 2.52 bits per heavy atom. The lowest BCUT2D eigenvalue weighted by atomic mass is 10.1. The zero-order valence-corrected chi connectivity index (χ0v) is 13.9. The zero-order chi connectivity index (χ0) is 13.1. The van der Waals surface area contributed by atoms with Crippen molar-refractivity contribution in [3.63, 3.8) is 0 Å². The van der Waals surface area contributed by atoms with Crippen LogP contribution in [-0.4, -0.2) is 36.1 Å². The van der Waals surface area contributed by atoms with Gasteiger partial charge >= 0.3 is 0 Å². The van der Waals surface area contributed by atoms with Crippen molar-refractivity contribution in [1.29, 1.82) is 0 Å². The minimum Gasteiger partial charge on any atom is -0.317 e. The lowest BCUT2D eigenvalue weighted by Crippen LogP contribution is -2.40. The van der Waals surface area contributed by atoms with Crippen molar-refractivity contribution >= 4 is 35.7 Å². The van der Waals surface area contributed by atoms with Gasteiger partial charge in [-0.05, 0) is 32.0 Å². The third-order valence-corrected chi connectivity index (χ3v) is 4.04. The molecule has 1 saturated heterocycles. The van der Waals surface area contributed by atoms with Crippen LogP contribution in [0.2, 0.25) is 0 Å². The Balaban J connectivity index is 0.00000110. The first-order valence-corrected chi connectivity index (χ1v) is 7.09. The van der Waals surface area contributed by atoms with Gasteiger partial charge in [-0.15, -0.1) is 24.8 Å². The molecule has 1 aliphatic rings. The predicted octanol–water partition coefficient (Wildman–Crippen LogP) is 3.26. The maximum Gasteiger partial charge on any atom is 0.0705 e. The van der Waals surface area contributed by atoms with E-state index in [1.165, 1.54) is 37.0 Å². The van der Waals surface area contributed by atoms with Crippen LogP contribution in [0, 0.1) is 0 Å². The van der Waals surface area contributed by atoms with Gasteiger partial charge in [-0.25, -0.2) is 0 Å². The van der Waals surface area contributed by atoms with Crippen LogP contribution in [0.25, 0.3) is 10.9 Å². The molecular weight excluding hydrogens is 305 g/mol. The summed E-state index contributed by atoms with van der Waals surface area (Å²) >= 11 is 0. The number of likely N-dealkylation sites (tertiary alicyclic amines) is 1. The van der Waals surface area contributed by atoms with Crippen LogP contribution in [0.1, 0.15) is 18.5 Å². The van der Waals surface area contributed by atoms with Crippen molar-refractivity contribution < 1.29 is 0 Å². The summed E-state index contributed by atoms with van der Waals surface area (Å²) < 4.78 is 0. The molecule has 1 N–H and O–H groups in total. The SMILES string of the molecule is CNC1CCN(Cc2ccc3ccccc3n2)CC1.Cl.Cl. The monoisotopic (exact) mass is 327 g/mol. The summed E-state index contributed by atoms with van der Waals surface area (Å²) in [5.74, 6) is 0. The normalized spacial score (nSPS) is 16.2. The Labute approximate surface area is 138 Å². The van der Waals surface area contributed by atoms with Gasteiger partial charge in [0.15, 0.2) is 0 Å². The molecule has 0 atom stereocenters. The number of pyridine rings is 1. The Hall–Kier alpha value is -0.870. The van der Waals surface area contributed by atoms with E-state index in [-0.39, 0.29) is 24.8 Å². The first-order valence-electron chi connectivity index (χ1n) is 7.09. The summed E-state index contributed by atoms with van der Waals surface area (Å²) in [7, 11) is 2.06. The lowest BCUT2D eigenvalue weighted by Gasteiger charge is -2.31. The molecule has 0 saturated carbocycles. The van der Waals surface area contributed by atoms with Crippen LogP contribution < -0.4 is 5.32 Å². The van der Waals surface area contributed by atoms with E-state index in [4.69, 9.17) is 4.98 Å². The van der Waals surface area contributed by atoms with Crippen molar-refractivity contribution in [3.8, 4) is 0 Å². The number of fused-ring (bicyclic) bond motifs is 1. The minimum atomic E-state index is 0. The molecule has 1 fully saturated rings. The number of benzene rings is 1. The van der Waals surface area contributed by atoms with Crippen LogP contribution in [0.15, 0.2) is 36.4 Å². The summed E-state index contributed by atoms with van der Waals surface area (Å²) in [6, 6.07) is 13.4. The third-order valence-electron chi connectivity index (χ3n) is 4.04. The standard InChI is InChI=1S/C16H21N3.2ClH/c1-17-14-8-10-19(11-9-14)12-15-7-6-13-4-2-3-5-16(13)18-15;;/h2-7,14,17H,8-12H2,1H3;2*1H. The number of para-hydroxylation sites is 1. The van der Waals surface area contributed by atoms with Gasteiger partial charge in [0.05, 0.1) is 11.2 Å². The molecule has 0 unspecified atom stereocenters. The smallest absolute Gasteiger partial charge is 0.0705 e. The van der Waals surface area contributed by atoms with E-state index in [0.717, 1.165) is 12.1 Å². The maximum atomic E-state index is 4.75. The molecular formula is C16H23Cl2N3. The Kier molecular flexibility index (Phi) is 7.40. The topological polar surface area (TPSA) is 28.2 Å². The quantitative estimate of drug-likeness (QED) is 0.937. The summed E-state index contributed by atoms with van der Waals surface area (Å²) in [6.07, 6.45) is 2.48. The highest BCUT2D eigenvalue weighted by Gasteiger charge is 2.17. The van der Waals surface area contributed by atoms with Gasteiger partial charge < -0.3 is 5.32 Å². The number of halogens is 2. The van der Waals surface area contributed by atoms with Crippen molar-refractivity contribution in [2.75, 3.05) is 20.1 Å². The van der Waals surface area contributed by atoms with Crippen molar-refractivity contribution in [1.82, 2.24) is 15.2 Å². The van der Waals surface area contributed by atoms with Crippen LogP contribution in [-0.2, 0) is 6.54 Å². The number of aromatic nitrogens is 1. The fourth-order valence-electron chi connectivity index (χ4n) is 2.81. The second-order valence-corrected chi connectivity index (χ2v) is 5.33. The number of nitrogens with zero attached hydrogens (tertiary/aromatic N) is 2. The zero-order valence-electron chi connectivity index (χ0n) is 12.3. The van der Waals surface area contributed by atoms with E-state index in [9.17, 15) is 0 Å². The second-order valence-electron chi connectivity index (χ2n) is 5.33. The minimum absolute atomic E-state index is 0. The number of piperidine rings is 1. The summed E-state index contributed by atoms with van der Waals surface area (Å²) in [5.41, 5.74) is 2.28. The Morgan fingerprint density at radius 1 is 1.10 bits per heavy atom. The molecule has 2 heterocycles. The second kappa shape index (κ2) is 8.54. The number of nitrogens with one attached hydrogen (secondary N) is 1. The highest BCUT2D eigenvalue weighted by molar-refractivity contribution is 5.85. The molecule has 3 nitrogen and oxygen atoms in total. The molecule has 1 aromatic heterocycles. The van der Waals surface area contributed by atoms with Gasteiger partial charge in [0.25, 0.3) is 0 Å². The van der Waals surface area contributed by atoms with Gasteiger partial charge in [0.1, 0.15) is 0 Å². The highest BCUT2D eigenvalue weighted by Crippen LogP contribution is 2.16. The van der Waals surface area contributed by atoms with Crippen LogP contribution in [0.3, 0.4) is 0 Å². The average Bonchev–Trinajstić information content (AvgIpc) is 2.48. The van der Waals surface area contributed by atoms with E-state index in [0.29, 0.717) is 6.04 Å². The summed E-state index contributed by atoms with van der Waals surface area (Å²) in [4.78, 5) is 7.26. The van der Waals surface area contributed by atoms with E-state index in [1.54, 1.807) is 0 Å². The fourth-order valence-corrected chi connectivity index (χ4v) is 2.81. The molecule has 21 heavy (non-hydrogen) atoms. The van der Waals surface area contributed by atoms with Crippen LogP contribution >= 0.6 is 24.8 Å². The molecule has 0 aliphatic carbocycles. The Morgan fingerprint density at radius 2 is 1.81 bits per heavy atom.